The molecule has 29 heavy (non-hydrogen) atoms. The SMILES string of the molecule is CCn1c(N/N=C\c2cc(C)n(C[C@@H]3CCCO3)c2C)nc2ccccc2c1=O. The molecule has 0 saturated carbocycles. The molecule has 2 aromatic heterocycles. The van der Waals surface area contributed by atoms with Crippen molar-refractivity contribution in [3.8, 4) is 0 Å². The average molecular weight is 393 g/mol. The third-order valence-corrected chi connectivity index (χ3v) is 5.57. The van der Waals surface area contributed by atoms with Crippen LogP contribution in [0.3, 0.4) is 0 Å². The van der Waals surface area contributed by atoms with Crippen molar-refractivity contribution in [2.75, 3.05) is 12.0 Å². The Morgan fingerprint density at radius 3 is 2.90 bits per heavy atom. The molecule has 7 nitrogen and oxygen atoms in total. The zero-order valence-corrected chi connectivity index (χ0v) is 17.2. The van der Waals surface area contributed by atoms with E-state index in [1.807, 2.05) is 25.1 Å². The van der Waals surface area contributed by atoms with E-state index in [9.17, 15) is 4.79 Å². The minimum atomic E-state index is -0.0643. The summed E-state index contributed by atoms with van der Waals surface area (Å²) < 4.78 is 9.66. The maximum Gasteiger partial charge on any atom is 0.262 e. The molecule has 1 saturated heterocycles. The van der Waals surface area contributed by atoms with Crippen LogP contribution in [0, 0.1) is 13.8 Å². The molecule has 0 unspecified atom stereocenters. The lowest BCUT2D eigenvalue weighted by Gasteiger charge is -2.14. The molecule has 1 atom stereocenters. The summed E-state index contributed by atoms with van der Waals surface area (Å²) in [6.45, 7) is 8.38. The van der Waals surface area contributed by atoms with Crippen LogP contribution in [0.2, 0.25) is 0 Å². The van der Waals surface area contributed by atoms with Gasteiger partial charge in [0.1, 0.15) is 0 Å². The molecule has 0 amide bonds. The molecule has 4 rings (SSSR count). The predicted molar refractivity (Wildman–Crippen MR) is 116 cm³/mol. The molecule has 152 valence electrons. The van der Waals surface area contributed by atoms with Crippen LogP contribution in [-0.2, 0) is 17.8 Å². The quantitative estimate of drug-likeness (QED) is 0.514. The fourth-order valence-corrected chi connectivity index (χ4v) is 3.94. The van der Waals surface area contributed by atoms with Crippen LogP contribution in [0.15, 0.2) is 40.2 Å². The number of hydrogen-bond acceptors (Lipinski definition) is 5. The first kappa shape index (κ1) is 19.4. The van der Waals surface area contributed by atoms with Crippen molar-refractivity contribution in [2.45, 2.75) is 52.8 Å². The number of para-hydroxylation sites is 1. The molecule has 1 aliphatic rings. The van der Waals surface area contributed by atoms with E-state index in [2.05, 4.69) is 40.0 Å². The Labute approximate surface area is 170 Å². The van der Waals surface area contributed by atoms with Crippen molar-refractivity contribution in [1.82, 2.24) is 14.1 Å². The molecular formula is C22H27N5O2. The van der Waals surface area contributed by atoms with Crippen LogP contribution < -0.4 is 11.0 Å². The van der Waals surface area contributed by atoms with Crippen LogP contribution in [0.4, 0.5) is 5.95 Å². The second kappa shape index (κ2) is 8.21. The topological polar surface area (TPSA) is 73.4 Å². The van der Waals surface area contributed by atoms with Gasteiger partial charge in [0.05, 0.1) is 23.2 Å². The van der Waals surface area contributed by atoms with E-state index in [1.165, 1.54) is 5.69 Å². The number of anilines is 1. The van der Waals surface area contributed by atoms with Gasteiger partial charge in [0, 0.05) is 36.6 Å². The second-order valence-electron chi connectivity index (χ2n) is 7.44. The van der Waals surface area contributed by atoms with Gasteiger partial charge in [-0.1, -0.05) is 12.1 Å². The summed E-state index contributed by atoms with van der Waals surface area (Å²) in [5, 5.41) is 4.99. The van der Waals surface area contributed by atoms with E-state index in [1.54, 1.807) is 16.8 Å². The minimum Gasteiger partial charge on any atom is -0.376 e. The third-order valence-electron chi connectivity index (χ3n) is 5.57. The molecule has 1 N–H and O–H groups in total. The number of fused-ring (bicyclic) bond motifs is 1. The number of nitrogens with zero attached hydrogens (tertiary/aromatic N) is 4. The number of nitrogens with one attached hydrogen (secondary N) is 1. The second-order valence-corrected chi connectivity index (χ2v) is 7.44. The largest absolute Gasteiger partial charge is 0.376 e. The summed E-state index contributed by atoms with van der Waals surface area (Å²) >= 11 is 0. The van der Waals surface area contributed by atoms with Crippen LogP contribution in [-0.4, -0.2) is 33.0 Å². The molecule has 3 heterocycles. The van der Waals surface area contributed by atoms with Gasteiger partial charge < -0.3 is 9.30 Å². The van der Waals surface area contributed by atoms with Gasteiger partial charge in [0.2, 0.25) is 5.95 Å². The van der Waals surface area contributed by atoms with Crippen molar-refractivity contribution < 1.29 is 4.74 Å². The number of hydrazone groups is 1. The van der Waals surface area contributed by atoms with E-state index >= 15 is 0 Å². The molecule has 3 aromatic rings. The Kier molecular flexibility index (Phi) is 5.49. The van der Waals surface area contributed by atoms with Gasteiger partial charge >= 0.3 is 0 Å². The number of rotatable bonds is 6. The standard InChI is InChI=1S/C22H27N5O2/c1-4-26-21(28)19-9-5-6-10-20(19)24-22(26)25-23-13-17-12-15(2)27(16(17)3)14-18-8-7-11-29-18/h5-6,9-10,12-13,18H,4,7-8,11,14H2,1-3H3,(H,24,25)/b23-13-/t18-/m0/s1. The zero-order valence-electron chi connectivity index (χ0n) is 17.2. The van der Waals surface area contributed by atoms with Crippen molar-refractivity contribution in [2.24, 2.45) is 5.10 Å². The number of benzene rings is 1. The van der Waals surface area contributed by atoms with Crippen molar-refractivity contribution in [3.63, 3.8) is 0 Å². The van der Waals surface area contributed by atoms with Gasteiger partial charge in [-0.25, -0.2) is 10.4 Å². The van der Waals surface area contributed by atoms with E-state index in [0.717, 1.165) is 37.3 Å². The van der Waals surface area contributed by atoms with Gasteiger partial charge in [-0.2, -0.15) is 5.10 Å². The van der Waals surface area contributed by atoms with E-state index < -0.39 is 0 Å². The Balaban J connectivity index is 1.57. The highest BCUT2D eigenvalue weighted by Gasteiger charge is 2.18. The number of aromatic nitrogens is 3. The monoisotopic (exact) mass is 393 g/mol. The molecule has 7 heteroatoms. The highest BCUT2D eigenvalue weighted by molar-refractivity contribution is 5.82. The molecule has 0 bridgehead atoms. The summed E-state index contributed by atoms with van der Waals surface area (Å²) in [7, 11) is 0. The smallest absolute Gasteiger partial charge is 0.262 e. The lowest BCUT2D eigenvalue weighted by atomic mass is 10.2. The maximum atomic E-state index is 12.7. The van der Waals surface area contributed by atoms with Gasteiger partial charge in [-0.05, 0) is 51.8 Å². The highest BCUT2D eigenvalue weighted by atomic mass is 16.5. The lowest BCUT2D eigenvalue weighted by Crippen LogP contribution is -2.23. The molecule has 0 radical (unpaired) electrons. The normalized spacial score (nSPS) is 16.9. The van der Waals surface area contributed by atoms with Crippen molar-refractivity contribution >= 4 is 23.1 Å². The van der Waals surface area contributed by atoms with Gasteiger partial charge in [0.15, 0.2) is 0 Å². The first-order chi connectivity index (χ1) is 14.1. The van der Waals surface area contributed by atoms with Gasteiger partial charge in [-0.15, -0.1) is 0 Å². The fraction of sp³-hybridized carbons (Fsp3) is 0.409. The van der Waals surface area contributed by atoms with Crippen LogP contribution in [0.5, 0.6) is 0 Å². The van der Waals surface area contributed by atoms with Gasteiger partial charge in [0.25, 0.3) is 5.56 Å². The fourth-order valence-electron chi connectivity index (χ4n) is 3.94. The molecule has 1 aromatic carbocycles. The summed E-state index contributed by atoms with van der Waals surface area (Å²) in [6.07, 6.45) is 4.34. The average Bonchev–Trinajstić information content (AvgIpc) is 3.32. The highest BCUT2D eigenvalue weighted by Crippen LogP contribution is 2.19. The van der Waals surface area contributed by atoms with Gasteiger partial charge in [-0.3, -0.25) is 9.36 Å². The van der Waals surface area contributed by atoms with Crippen LogP contribution >= 0.6 is 0 Å². The number of ether oxygens (including phenoxy) is 1. The van der Waals surface area contributed by atoms with E-state index in [-0.39, 0.29) is 5.56 Å². The minimum absolute atomic E-state index is 0.0643. The summed E-state index contributed by atoms with van der Waals surface area (Å²) in [6, 6.07) is 9.48. The summed E-state index contributed by atoms with van der Waals surface area (Å²) in [5.74, 6) is 0.445. The molecule has 1 fully saturated rings. The Hall–Kier alpha value is -2.93. The summed E-state index contributed by atoms with van der Waals surface area (Å²) in [4.78, 5) is 17.3. The van der Waals surface area contributed by atoms with E-state index in [4.69, 9.17) is 4.74 Å². The van der Waals surface area contributed by atoms with Crippen LogP contribution in [0.25, 0.3) is 10.9 Å². The number of aryl methyl sites for hydroxylation is 1. The Morgan fingerprint density at radius 1 is 1.31 bits per heavy atom. The van der Waals surface area contributed by atoms with Crippen LogP contribution in [0.1, 0.15) is 36.7 Å². The van der Waals surface area contributed by atoms with E-state index in [0.29, 0.717) is 29.5 Å². The lowest BCUT2D eigenvalue weighted by molar-refractivity contribution is 0.0962. The van der Waals surface area contributed by atoms with Crippen molar-refractivity contribution in [3.05, 3.63) is 57.6 Å². The molecule has 0 spiro atoms. The molecule has 0 aliphatic carbocycles. The Morgan fingerprint density at radius 2 is 2.14 bits per heavy atom. The molecule has 1 aliphatic heterocycles. The first-order valence-electron chi connectivity index (χ1n) is 10.2. The zero-order chi connectivity index (χ0) is 20.4. The maximum absolute atomic E-state index is 12.7. The number of hydrogen-bond donors (Lipinski definition) is 1. The Bertz CT molecular complexity index is 1110. The molecular weight excluding hydrogens is 366 g/mol. The third kappa shape index (κ3) is 3.82. The summed E-state index contributed by atoms with van der Waals surface area (Å²) in [5.41, 5.74) is 6.94. The first-order valence-corrected chi connectivity index (χ1v) is 10.2. The van der Waals surface area contributed by atoms with Crippen molar-refractivity contribution in [1.29, 1.82) is 0 Å². The predicted octanol–water partition coefficient (Wildman–Crippen LogP) is 3.46.